The van der Waals surface area contributed by atoms with Gasteiger partial charge in [0.05, 0.1) is 10.6 Å². The second-order valence-electron chi connectivity index (χ2n) is 6.08. The van der Waals surface area contributed by atoms with E-state index in [1.165, 1.54) is 10.4 Å². The second kappa shape index (κ2) is 8.67. The predicted octanol–water partition coefficient (Wildman–Crippen LogP) is 3.55. The van der Waals surface area contributed by atoms with Crippen molar-refractivity contribution in [2.45, 2.75) is 18.2 Å². The van der Waals surface area contributed by atoms with Gasteiger partial charge in [-0.25, -0.2) is 8.42 Å². The Hall–Kier alpha value is -2.60. The molecule has 5 nitrogen and oxygen atoms in total. The monoisotopic (exact) mass is 372 g/mol. The number of rotatable bonds is 8. The van der Waals surface area contributed by atoms with E-state index in [1.54, 1.807) is 65.7 Å². The molecule has 2 aromatic carbocycles. The van der Waals surface area contributed by atoms with Crippen LogP contribution in [0.3, 0.4) is 0 Å². The minimum Gasteiger partial charge on any atom is -0.383 e. The summed E-state index contributed by atoms with van der Waals surface area (Å²) in [6, 6.07) is 15.0. The summed E-state index contributed by atoms with van der Waals surface area (Å²) in [7, 11) is -0.0307. The highest BCUT2D eigenvalue weighted by Crippen LogP contribution is 2.25. The van der Waals surface area contributed by atoms with Gasteiger partial charge in [-0.2, -0.15) is 0 Å². The standard InChI is InChI=1S/C20H24N2O3S/c1-4-14-22(26(24,25)19-11-6-5-7-12-19)18-10-8-9-17(16-18)20(23)13-15-21(2)3/h5-13,15-16H,4,14H2,1-3H3/b15-13+. The lowest BCUT2D eigenvalue weighted by atomic mass is 10.1. The van der Waals surface area contributed by atoms with Crippen molar-refractivity contribution in [1.29, 1.82) is 0 Å². The number of ketones is 1. The Morgan fingerprint density at radius 3 is 2.35 bits per heavy atom. The number of anilines is 1. The summed E-state index contributed by atoms with van der Waals surface area (Å²) in [4.78, 5) is 14.3. The molecule has 0 heterocycles. The molecule has 138 valence electrons. The number of allylic oxidation sites excluding steroid dienone is 1. The fourth-order valence-electron chi connectivity index (χ4n) is 2.44. The molecule has 26 heavy (non-hydrogen) atoms. The maximum atomic E-state index is 13.0. The van der Waals surface area contributed by atoms with Crippen molar-refractivity contribution >= 4 is 21.5 Å². The summed E-state index contributed by atoms with van der Waals surface area (Å²) >= 11 is 0. The molecule has 0 N–H and O–H groups in total. The summed E-state index contributed by atoms with van der Waals surface area (Å²) in [6.45, 7) is 2.25. The van der Waals surface area contributed by atoms with Crippen LogP contribution >= 0.6 is 0 Å². The van der Waals surface area contributed by atoms with Gasteiger partial charge in [-0.05, 0) is 30.7 Å². The van der Waals surface area contributed by atoms with Crippen molar-refractivity contribution in [3.05, 3.63) is 72.4 Å². The fraction of sp³-hybridized carbons (Fsp3) is 0.250. The van der Waals surface area contributed by atoms with Gasteiger partial charge in [0.2, 0.25) is 0 Å². The Morgan fingerprint density at radius 1 is 1.04 bits per heavy atom. The van der Waals surface area contributed by atoms with E-state index in [4.69, 9.17) is 0 Å². The van der Waals surface area contributed by atoms with Gasteiger partial charge in [0.25, 0.3) is 10.0 Å². The third-order valence-electron chi connectivity index (χ3n) is 3.70. The third-order valence-corrected chi connectivity index (χ3v) is 5.54. The normalized spacial score (nSPS) is 11.5. The molecule has 0 atom stereocenters. The molecule has 0 aliphatic heterocycles. The lowest BCUT2D eigenvalue weighted by molar-refractivity contribution is 0.104. The zero-order valence-electron chi connectivity index (χ0n) is 15.3. The Kier molecular flexibility index (Phi) is 6.58. The molecule has 0 aliphatic rings. The summed E-state index contributed by atoms with van der Waals surface area (Å²) in [5.74, 6) is -0.172. The van der Waals surface area contributed by atoms with Gasteiger partial charge in [-0.15, -0.1) is 0 Å². The highest BCUT2D eigenvalue weighted by Gasteiger charge is 2.24. The molecule has 0 aromatic heterocycles. The van der Waals surface area contributed by atoms with E-state index in [9.17, 15) is 13.2 Å². The Bertz CT molecular complexity index is 875. The molecule has 0 aliphatic carbocycles. The number of benzene rings is 2. The summed E-state index contributed by atoms with van der Waals surface area (Å²) in [6.07, 6.45) is 3.79. The number of hydrogen-bond donors (Lipinski definition) is 0. The van der Waals surface area contributed by atoms with Crippen molar-refractivity contribution in [1.82, 2.24) is 4.90 Å². The van der Waals surface area contributed by atoms with Crippen molar-refractivity contribution < 1.29 is 13.2 Å². The highest BCUT2D eigenvalue weighted by molar-refractivity contribution is 7.92. The van der Waals surface area contributed by atoms with Gasteiger partial charge in [-0.1, -0.05) is 37.3 Å². The van der Waals surface area contributed by atoms with Crippen LogP contribution in [0.1, 0.15) is 23.7 Å². The topological polar surface area (TPSA) is 57.7 Å². The van der Waals surface area contributed by atoms with E-state index < -0.39 is 10.0 Å². The van der Waals surface area contributed by atoms with Crippen LogP contribution in [0.2, 0.25) is 0 Å². The quantitative estimate of drug-likeness (QED) is 0.525. The van der Waals surface area contributed by atoms with Crippen LogP contribution in [0.4, 0.5) is 5.69 Å². The van der Waals surface area contributed by atoms with Crippen LogP contribution in [0.5, 0.6) is 0 Å². The van der Waals surface area contributed by atoms with E-state index in [0.29, 0.717) is 24.2 Å². The molecular formula is C20H24N2O3S. The Morgan fingerprint density at radius 2 is 1.73 bits per heavy atom. The maximum absolute atomic E-state index is 13.0. The van der Waals surface area contributed by atoms with Gasteiger partial charge in [-0.3, -0.25) is 9.10 Å². The van der Waals surface area contributed by atoms with Crippen LogP contribution < -0.4 is 4.31 Å². The van der Waals surface area contributed by atoms with Crippen LogP contribution in [0.25, 0.3) is 0 Å². The molecule has 0 fully saturated rings. The first-order valence-corrected chi connectivity index (χ1v) is 9.87. The molecule has 0 unspecified atom stereocenters. The van der Waals surface area contributed by atoms with Crippen molar-refractivity contribution in [2.75, 3.05) is 24.9 Å². The zero-order chi connectivity index (χ0) is 19.2. The van der Waals surface area contributed by atoms with E-state index in [2.05, 4.69) is 0 Å². The van der Waals surface area contributed by atoms with Crippen LogP contribution in [-0.2, 0) is 10.0 Å². The fourth-order valence-corrected chi connectivity index (χ4v) is 4.01. The van der Waals surface area contributed by atoms with E-state index in [0.717, 1.165) is 0 Å². The minimum absolute atomic E-state index is 0.172. The van der Waals surface area contributed by atoms with Gasteiger partial charge in [0.1, 0.15) is 0 Å². The smallest absolute Gasteiger partial charge is 0.264 e. The second-order valence-corrected chi connectivity index (χ2v) is 7.95. The number of nitrogens with zero attached hydrogens (tertiary/aromatic N) is 2. The van der Waals surface area contributed by atoms with E-state index >= 15 is 0 Å². The number of hydrogen-bond acceptors (Lipinski definition) is 4. The molecule has 6 heteroatoms. The first-order valence-electron chi connectivity index (χ1n) is 8.43. The number of sulfonamides is 1. The maximum Gasteiger partial charge on any atom is 0.264 e. The molecular weight excluding hydrogens is 348 g/mol. The van der Waals surface area contributed by atoms with E-state index in [-0.39, 0.29) is 10.7 Å². The molecule has 0 amide bonds. The SMILES string of the molecule is CCCN(c1cccc(C(=O)/C=C/N(C)C)c1)S(=O)(=O)c1ccccc1. The Balaban J connectivity index is 2.42. The largest absolute Gasteiger partial charge is 0.383 e. The summed E-state index contributed by atoms with van der Waals surface area (Å²) in [5.41, 5.74) is 0.935. The lowest BCUT2D eigenvalue weighted by Gasteiger charge is -2.24. The molecule has 2 rings (SSSR count). The molecule has 0 radical (unpaired) electrons. The molecule has 0 saturated carbocycles. The molecule has 0 bridgehead atoms. The molecule has 0 spiro atoms. The predicted molar refractivity (Wildman–Crippen MR) is 105 cm³/mol. The van der Waals surface area contributed by atoms with Gasteiger partial charge in [0, 0.05) is 38.5 Å². The third kappa shape index (κ3) is 4.73. The lowest BCUT2D eigenvalue weighted by Crippen LogP contribution is -2.31. The summed E-state index contributed by atoms with van der Waals surface area (Å²) in [5, 5.41) is 0. The first kappa shape index (κ1) is 19.7. The van der Waals surface area contributed by atoms with Crippen molar-refractivity contribution in [3.8, 4) is 0 Å². The van der Waals surface area contributed by atoms with Crippen molar-refractivity contribution in [3.63, 3.8) is 0 Å². The van der Waals surface area contributed by atoms with Gasteiger partial charge >= 0.3 is 0 Å². The van der Waals surface area contributed by atoms with Crippen LogP contribution in [-0.4, -0.2) is 39.7 Å². The van der Waals surface area contributed by atoms with Crippen molar-refractivity contribution in [2.24, 2.45) is 0 Å². The van der Waals surface area contributed by atoms with Gasteiger partial charge in [0.15, 0.2) is 5.78 Å². The average molecular weight is 372 g/mol. The minimum atomic E-state index is -3.69. The average Bonchev–Trinajstić information content (AvgIpc) is 2.64. The summed E-state index contributed by atoms with van der Waals surface area (Å²) < 4.78 is 27.4. The number of carbonyl (C=O) groups is 1. The molecule has 2 aromatic rings. The molecule has 0 saturated heterocycles. The first-order chi connectivity index (χ1) is 12.4. The zero-order valence-corrected chi connectivity index (χ0v) is 16.1. The van der Waals surface area contributed by atoms with Crippen LogP contribution in [0, 0.1) is 0 Å². The number of carbonyl (C=O) groups excluding carboxylic acids is 1. The Labute approximate surface area is 155 Å². The van der Waals surface area contributed by atoms with E-state index in [1.807, 2.05) is 21.0 Å². The highest BCUT2D eigenvalue weighted by atomic mass is 32.2. The van der Waals surface area contributed by atoms with Crippen LogP contribution in [0.15, 0.2) is 71.8 Å². The van der Waals surface area contributed by atoms with Gasteiger partial charge < -0.3 is 4.90 Å².